The fourth-order valence-corrected chi connectivity index (χ4v) is 4.01. The van der Waals surface area contributed by atoms with Crippen molar-refractivity contribution in [3.63, 3.8) is 0 Å². The van der Waals surface area contributed by atoms with Gasteiger partial charge >= 0.3 is 0 Å². The van der Waals surface area contributed by atoms with Gasteiger partial charge in [-0.15, -0.1) is 0 Å². The Balaban J connectivity index is 0. The molecule has 0 spiro atoms. The van der Waals surface area contributed by atoms with Crippen LogP contribution in [0.2, 0.25) is 0 Å². The third-order valence-corrected chi connectivity index (χ3v) is 6.78. The third-order valence-electron chi connectivity index (χ3n) is 6.78. The highest BCUT2D eigenvalue weighted by atomic mass is 15.3. The average molecular weight is 442 g/mol. The molecule has 2 nitrogen and oxygen atoms in total. The zero-order valence-corrected chi connectivity index (χ0v) is 23.0. The Labute approximate surface area is 199 Å². The fraction of sp³-hybridized carbons (Fsp3) is 1.00. The molecule has 0 aliphatic heterocycles. The lowest BCUT2D eigenvalue weighted by atomic mass is 10.0. The highest BCUT2D eigenvalue weighted by Gasteiger charge is 2.08. The van der Waals surface area contributed by atoms with Crippen molar-refractivity contribution in [2.45, 2.75) is 156 Å². The van der Waals surface area contributed by atoms with Crippen LogP contribution < -0.4 is 5.73 Å². The van der Waals surface area contributed by atoms with Crippen molar-refractivity contribution in [3.05, 3.63) is 0 Å². The fourth-order valence-electron chi connectivity index (χ4n) is 4.01. The van der Waals surface area contributed by atoms with E-state index in [-0.39, 0.29) is 0 Å². The molecule has 0 unspecified atom stereocenters. The second-order valence-electron chi connectivity index (χ2n) is 10.5. The summed E-state index contributed by atoms with van der Waals surface area (Å²) in [6, 6.07) is 0. The molecule has 2 N–H and O–H groups in total. The first kappa shape index (κ1) is 33.1. The second kappa shape index (κ2) is 28.0. The summed E-state index contributed by atoms with van der Waals surface area (Å²) in [5, 5.41) is 0. The summed E-state index contributed by atoms with van der Waals surface area (Å²) in [5.41, 5.74) is 5.38. The van der Waals surface area contributed by atoms with Crippen LogP contribution in [0.4, 0.5) is 0 Å². The average Bonchev–Trinajstić information content (AvgIpc) is 2.77. The minimum atomic E-state index is 0.821. The normalized spacial score (nSPS) is 11.4. The van der Waals surface area contributed by atoms with Gasteiger partial charge in [0.05, 0.1) is 27.2 Å². The van der Waals surface area contributed by atoms with Crippen LogP contribution in [0.25, 0.3) is 0 Å². The minimum absolute atomic E-state index is 0.821. The van der Waals surface area contributed by atoms with Crippen molar-refractivity contribution in [1.82, 2.24) is 0 Å². The van der Waals surface area contributed by atoms with Gasteiger partial charge in [-0.05, 0) is 13.5 Å². The Morgan fingerprint density at radius 2 is 0.677 bits per heavy atom. The summed E-state index contributed by atoms with van der Waals surface area (Å²) in [6.45, 7) is 10.0. The predicted octanol–water partition coefficient (Wildman–Crippen LogP) is 9.26. The Morgan fingerprint density at radius 3 is 0.871 bits per heavy atom. The zero-order chi connectivity index (χ0) is 23.5. The number of hydrogen-bond acceptors (Lipinski definition) is 1. The molecule has 0 aromatic heterocycles. The number of hydrogen-bond donors (Lipinski definition) is 1. The van der Waals surface area contributed by atoms with Crippen molar-refractivity contribution in [2.75, 3.05) is 33.7 Å². The molecule has 0 aromatic carbocycles. The molecule has 0 saturated heterocycles. The van der Waals surface area contributed by atoms with E-state index in [1.54, 1.807) is 0 Å². The molecule has 0 heterocycles. The van der Waals surface area contributed by atoms with Crippen LogP contribution in [-0.2, 0) is 0 Å². The van der Waals surface area contributed by atoms with E-state index < -0.39 is 0 Å². The number of nitrogens with two attached hydrogens (primary N) is 1. The van der Waals surface area contributed by atoms with Crippen molar-refractivity contribution in [3.8, 4) is 0 Å². The molecule has 0 fully saturated rings. The van der Waals surface area contributed by atoms with E-state index in [9.17, 15) is 0 Å². The van der Waals surface area contributed by atoms with Gasteiger partial charge in [0, 0.05) is 6.42 Å². The van der Waals surface area contributed by atoms with Gasteiger partial charge in [0.1, 0.15) is 0 Å². The quantitative estimate of drug-likeness (QED) is 0.124. The molecule has 0 aliphatic rings. The first-order chi connectivity index (χ1) is 15.0. The molecule has 0 radical (unpaired) electrons. The van der Waals surface area contributed by atoms with E-state index in [1.807, 2.05) is 0 Å². The highest BCUT2D eigenvalue weighted by molar-refractivity contribution is 4.50. The molecule has 0 aromatic rings. The Hall–Kier alpha value is -0.0800. The van der Waals surface area contributed by atoms with Crippen LogP contribution in [-0.4, -0.2) is 38.2 Å². The lowest BCUT2D eigenvalue weighted by Crippen LogP contribution is -2.40. The van der Waals surface area contributed by atoms with E-state index in [2.05, 4.69) is 34.9 Å². The number of rotatable bonds is 23. The van der Waals surface area contributed by atoms with Crippen LogP contribution in [0, 0.1) is 0 Å². The first-order valence-corrected chi connectivity index (χ1v) is 14.6. The smallest absolute Gasteiger partial charge is 0.0794 e. The van der Waals surface area contributed by atoms with Gasteiger partial charge in [-0.25, -0.2) is 0 Å². The van der Waals surface area contributed by atoms with Crippen molar-refractivity contribution in [2.24, 2.45) is 5.73 Å². The molecule has 0 rings (SSSR count). The number of quaternary nitrogens is 1. The van der Waals surface area contributed by atoms with Crippen molar-refractivity contribution >= 4 is 0 Å². The lowest BCUT2D eigenvalue weighted by molar-refractivity contribution is -0.888. The lowest BCUT2D eigenvalue weighted by Gasteiger charge is -2.27. The molecule has 0 amide bonds. The zero-order valence-electron chi connectivity index (χ0n) is 23.0. The van der Waals surface area contributed by atoms with Crippen molar-refractivity contribution < 1.29 is 4.48 Å². The second-order valence-corrected chi connectivity index (χ2v) is 10.5. The van der Waals surface area contributed by atoms with E-state index in [4.69, 9.17) is 5.73 Å². The Bertz CT molecular complexity index is 281. The largest absolute Gasteiger partial charge is 0.330 e. The first-order valence-electron chi connectivity index (χ1n) is 14.6. The van der Waals surface area contributed by atoms with Gasteiger partial charge in [0.15, 0.2) is 0 Å². The minimum Gasteiger partial charge on any atom is -0.330 e. The predicted molar refractivity (Wildman–Crippen MR) is 145 cm³/mol. The molecular formula is C29H65N2+. The van der Waals surface area contributed by atoms with Crippen LogP contribution >= 0.6 is 0 Å². The standard InChI is InChI=1S/C22H46.C7H19N2/c1-3-5-7-9-11-13-15-17-19-21-22-20-18-16-14-12-10-8-6-4-2;1-4-9(2,3)7-5-6-8/h3-22H2,1-2H3;4-8H2,1-3H3/q;+1. The van der Waals surface area contributed by atoms with Gasteiger partial charge in [-0.2, -0.15) is 0 Å². The molecule has 190 valence electrons. The molecule has 0 bridgehead atoms. The molecule has 31 heavy (non-hydrogen) atoms. The molecule has 0 saturated carbocycles. The number of unbranched alkanes of at least 4 members (excludes halogenated alkanes) is 19. The summed E-state index contributed by atoms with van der Waals surface area (Å²) < 4.78 is 1.09. The monoisotopic (exact) mass is 442 g/mol. The highest BCUT2D eigenvalue weighted by Crippen LogP contribution is 2.14. The van der Waals surface area contributed by atoms with Gasteiger partial charge in [-0.3, -0.25) is 0 Å². The van der Waals surface area contributed by atoms with Crippen LogP contribution in [0.15, 0.2) is 0 Å². The topological polar surface area (TPSA) is 26.0 Å². The number of nitrogens with zero attached hydrogens (tertiary/aromatic N) is 1. The van der Waals surface area contributed by atoms with Gasteiger partial charge in [0.2, 0.25) is 0 Å². The molecule has 0 aliphatic carbocycles. The summed E-state index contributed by atoms with van der Waals surface area (Å²) in [6.07, 6.45) is 30.5. The van der Waals surface area contributed by atoms with E-state index >= 15 is 0 Å². The summed E-state index contributed by atoms with van der Waals surface area (Å²) in [7, 11) is 4.46. The molecule has 0 atom stereocenters. The summed E-state index contributed by atoms with van der Waals surface area (Å²) >= 11 is 0. The third kappa shape index (κ3) is 32.2. The van der Waals surface area contributed by atoms with Crippen LogP contribution in [0.1, 0.15) is 156 Å². The maximum atomic E-state index is 5.38. The van der Waals surface area contributed by atoms with Crippen LogP contribution in [0.3, 0.4) is 0 Å². The maximum Gasteiger partial charge on any atom is 0.0794 e. The Kier molecular flexibility index (Phi) is 29.8. The van der Waals surface area contributed by atoms with E-state index in [1.165, 1.54) is 142 Å². The SMILES string of the molecule is CCCCCCCCCCCCCCCCCCCCCC.CC[N+](C)(C)CCCN. The van der Waals surface area contributed by atoms with E-state index in [0.717, 1.165) is 17.4 Å². The summed E-state index contributed by atoms with van der Waals surface area (Å²) in [5.74, 6) is 0. The van der Waals surface area contributed by atoms with Gasteiger partial charge in [0.25, 0.3) is 0 Å². The van der Waals surface area contributed by atoms with Gasteiger partial charge < -0.3 is 10.2 Å². The molecule has 2 heteroatoms. The summed E-state index contributed by atoms with van der Waals surface area (Å²) in [4.78, 5) is 0. The van der Waals surface area contributed by atoms with E-state index in [0.29, 0.717) is 0 Å². The van der Waals surface area contributed by atoms with Crippen molar-refractivity contribution in [1.29, 1.82) is 0 Å². The van der Waals surface area contributed by atoms with Crippen LogP contribution in [0.5, 0.6) is 0 Å². The van der Waals surface area contributed by atoms with Gasteiger partial charge in [-0.1, -0.05) is 142 Å². The Morgan fingerprint density at radius 1 is 0.419 bits per heavy atom. The maximum absolute atomic E-state index is 5.38. The molecular weight excluding hydrogens is 376 g/mol.